The van der Waals surface area contributed by atoms with Crippen molar-refractivity contribution in [2.75, 3.05) is 32.2 Å². The smallest absolute Gasteiger partial charge is 0.238 e. The third-order valence-corrected chi connectivity index (χ3v) is 8.02. The molecular formula is C22H29N7O5S. The minimum absolute atomic E-state index is 0.0559. The van der Waals surface area contributed by atoms with Gasteiger partial charge in [0.2, 0.25) is 27.7 Å². The molecule has 1 N–H and O–H groups in total. The summed E-state index contributed by atoms with van der Waals surface area (Å²) in [5.74, 6) is 0.934. The molecule has 1 aliphatic rings. The van der Waals surface area contributed by atoms with E-state index >= 15 is 0 Å². The van der Waals surface area contributed by atoms with Gasteiger partial charge in [0.05, 0.1) is 37.6 Å². The Morgan fingerprint density at radius 2 is 1.80 bits per heavy atom. The maximum Gasteiger partial charge on any atom is 0.238 e. The van der Waals surface area contributed by atoms with Crippen LogP contribution in [0.2, 0.25) is 0 Å². The molecule has 1 saturated heterocycles. The number of hydrogen-bond acceptors (Lipinski definition) is 10. The highest BCUT2D eigenvalue weighted by molar-refractivity contribution is 7.93. The summed E-state index contributed by atoms with van der Waals surface area (Å²) >= 11 is 0. The number of anilines is 1. The molecule has 4 rings (SSSR count). The van der Waals surface area contributed by atoms with Crippen molar-refractivity contribution in [3.63, 3.8) is 0 Å². The molecule has 3 aromatic rings. The molecule has 0 amide bonds. The van der Waals surface area contributed by atoms with Gasteiger partial charge in [-0.1, -0.05) is 13.0 Å². The largest absolute Gasteiger partial charge is 0.481 e. The molecule has 13 heteroatoms. The summed E-state index contributed by atoms with van der Waals surface area (Å²) < 4.78 is 47.0. The molecule has 0 spiro atoms. The van der Waals surface area contributed by atoms with Gasteiger partial charge in [-0.25, -0.2) is 18.4 Å². The van der Waals surface area contributed by atoms with Crippen LogP contribution in [0, 0.1) is 0 Å². The highest BCUT2D eigenvalue weighted by atomic mass is 32.2. The third kappa shape index (κ3) is 5.35. The minimum Gasteiger partial charge on any atom is -0.481 e. The molecule has 12 nitrogen and oxygen atoms in total. The fourth-order valence-corrected chi connectivity index (χ4v) is 5.13. The molecule has 1 aliphatic heterocycles. The first-order valence-corrected chi connectivity index (χ1v) is 12.8. The van der Waals surface area contributed by atoms with E-state index < -0.39 is 21.2 Å². The number of hydrogen-bond donors (Lipinski definition) is 1. The first-order valence-electron chi connectivity index (χ1n) is 11.3. The highest BCUT2D eigenvalue weighted by Crippen LogP contribution is 2.32. The summed E-state index contributed by atoms with van der Waals surface area (Å²) in [6.45, 7) is 4.53. The predicted molar refractivity (Wildman–Crippen MR) is 128 cm³/mol. The van der Waals surface area contributed by atoms with Gasteiger partial charge in [0, 0.05) is 31.2 Å². The number of rotatable bonds is 9. The first kappa shape index (κ1) is 24.8. The molecule has 3 aromatic heterocycles. The van der Waals surface area contributed by atoms with Crippen molar-refractivity contribution >= 4 is 16.0 Å². The van der Waals surface area contributed by atoms with Crippen LogP contribution in [-0.4, -0.2) is 70.8 Å². The van der Waals surface area contributed by atoms with E-state index in [0.717, 1.165) is 0 Å². The summed E-state index contributed by atoms with van der Waals surface area (Å²) in [6.07, 6.45) is 4.37. The Morgan fingerprint density at radius 1 is 1.06 bits per heavy atom. The Balaban J connectivity index is 1.65. The molecule has 35 heavy (non-hydrogen) atoms. The van der Waals surface area contributed by atoms with Crippen molar-refractivity contribution < 1.29 is 22.6 Å². The SMILES string of the molecule is COc1cnc([C@@H](C)[C@H](C)S(=O)(=O)Nc2nnc(-c3cccc(OC)n3)n2C2CCOCC2)cn1. The van der Waals surface area contributed by atoms with Crippen LogP contribution in [0.25, 0.3) is 11.5 Å². The number of nitrogens with zero attached hydrogens (tertiary/aromatic N) is 6. The molecule has 0 saturated carbocycles. The summed E-state index contributed by atoms with van der Waals surface area (Å²) in [7, 11) is -0.842. The van der Waals surface area contributed by atoms with Crippen LogP contribution in [0.5, 0.6) is 11.8 Å². The standard InChI is InChI=1S/C22H29N7O5S/c1-14(18-12-24-20(33-4)13-23-18)15(2)35(30,31)28-22-27-26-21(17-6-5-7-19(25-17)32-3)29(22)16-8-10-34-11-9-16/h5-7,12-16H,8-11H2,1-4H3,(H,27,28)/t14-,15-/m0/s1. The molecule has 0 unspecified atom stereocenters. The van der Waals surface area contributed by atoms with Crippen LogP contribution in [0.3, 0.4) is 0 Å². The quantitative estimate of drug-likeness (QED) is 0.462. The van der Waals surface area contributed by atoms with E-state index in [1.165, 1.54) is 26.6 Å². The Labute approximate surface area is 204 Å². The van der Waals surface area contributed by atoms with Crippen LogP contribution in [0.4, 0.5) is 5.95 Å². The third-order valence-electron chi connectivity index (χ3n) is 6.16. The molecule has 1 fully saturated rings. The molecule has 2 atom stereocenters. The topological polar surface area (TPSA) is 143 Å². The van der Waals surface area contributed by atoms with Gasteiger partial charge in [-0.2, -0.15) is 0 Å². The van der Waals surface area contributed by atoms with E-state index in [4.69, 9.17) is 14.2 Å². The van der Waals surface area contributed by atoms with Crippen LogP contribution < -0.4 is 14.2 Å². The van der Waals surface area contributed by atoms with Crippen LogP contribution in [-0.2, 0) is 14.8 Å². The highest BCUT2D eigenvalue weighted by Gasteiger charge is 2.32. The van der Waals surface area contributed by atoms with Crippen molar-refractivity contribution in [2.45, 2.75) is 43.9 Å². The monoisotopic (exact) mass is 503 g/mol. The number of methoxy groups -OCH3 is 2. The van der Waals surface area contributed by atoms with Gasteiger partial charge in [0.25, 0.3) is 0 Å². The van der Waals surface area contributed by atoms with E-state index in [-0.39, 0.29) is 12.0 Å². The van der Waals surface area contributed by atoms with Crippen LogP contribution >= 0.6 is 0 Å². The van der Waals surface area contributed by atoms with Gasteiger partial charge in [-0.05, 0) is 25.8 Å². The first-order chi connectivity index (χ1) is 16.8. The van der Waals surface area contributed by atoms with Gasteiger partial charge in [-0.15, -0.1) is 10.2 Å². The lowest BCUT2D eigenvalue weighted by Crippen LogP contribution is -2.32. The average molecular weight is 504 g/mol. The van der Waals surface area contributed by atoms with E-state index in [1.807, 2.05) is 0 Å². The van der Waals surface area contributed by atoms with Crippen molar-refractivity contribution in [2.24, 2.45) is 0 Å². The Kier molecular flexibility index (Phi) is 7.45. The Morgan fingerprint density at radius 3 is 2.46 bits per heavy atom. The van der Waals surface area contributed by atoms with Crippen molar-refractivity contribution in [3.8, 4) is 23.3 Å². The minimum atomic E-state index is -3.87. The summed E-state index contributed by atoms with van der Waals surface area (Å²) in [5, 5.41) is 7.67. The van der Waals surface area contributed by atoms with Gasteiger partial charge < -0.3 is 14.2 Å². The number of ether oxygens (including phenoxy) is 3. The Hall–Kier alpha value is -3.32. The molecule has 188 valence electrons. The number of pyridine rings is 1. The summed E-state index contributed by atoms with van der Waals surface area (Å²) in [5.41, 5.74) is 1.07. The molecule has 0 aliphatic carbocycles. The second-order valence-corrected chi connectivity index (χ2v) is 10.3. The van der Waals surface area contributed by atoms with Crippen molar-refractivity contribution in [1.82, 2.24) is 29.7 Å². The molecule has 0 aromatic carbocycles. The molecule has 4 heterocycles. The number of aromatic nitrogens is 6. The normalized spacial score (nSPS) is 16.5. The van der Waals surface area contributed by atoms with Crippen LogP contribution in [0.15, 0.2) is 30.6 Å². The molecule has 0 bridgehead atoms. The lowest BCUT2D eigenvalue weighted by Gasteiger charge is -2.26. The van der Waals surface area contributed by atoms with Crippen LogP contribution in [0.1, 0.15) is 44.3 Å². The predicted octanol–water partition coefficient (Wildman–Crippen LogP) is 2.43. The zero-order valence-corrected chi connectivity index (χ0v) is 20.9. The summed E-state index contributed by atoms with van der Waals surface area (Å²) in [6, 6.07) is 5.26. The van der Waals surface area contributed by atoms with Gasteiger partial charge >= 0.3 is 0 Å². The van der Waals surface area contributed by atoms with E-state index in [2.05, 4.69) is 29.9 Å². The molecular weight excluding hydrogens is 474 g/mol. The zero-order chi connectivity index (χ0) is 25.0. The lowest BCUT2D eigenvalue weighted by molar-refractivity contribution is 0.0704. The van der Waals surface area contributed by atoms with Gasteiger partial charge in [0.15, 0.2) is 5.82 Å². The van der Waals surface area contributed by atoms with E-state index in [0.29, 0.717) is 55.0 Å². The fourth-order valence-electron chi connectivity index (χ4n) is 3.87. The van der Waals surface area contributed by atoms with E-state index in [9.17, 15) is 8.42 Å². The molecule has 0 radical (unpaired) electrons. The van der Waals surface area contributed by atoms with Gasteiger partial charge in [-0.3, -0.25) is 14.3 Å². The maximum absolute atomic E-state index is 13.4. The second kappa shape index (κ2) is 10.5. The van der Waals surface area contributed by atoms with Crippen molar-refractivity contribution in [3.05, 3.63) is 36.3 Å². The van der Waals surface area contributed by atoms with Gasteiger partial charge in [0.1, 0.15) is 5.69 Å². The zero-order valence-electron chi connectivity index (χ0n) is 20.1. The maximum atomic E-state index is 13.4. The van der Waals surface area contributed by atoms with E-state index in [1.54, 1.807) is 36.6 Å². The number of sulfonamides is 1. The summed E-state index contributed by atoms with van der Waals surface area (Å²) in [4.78, 5) is 12.9. The number of nitrogens with one attached hydrogen (secondary N) is 1. The van der Waals surface area contributed by atoms with Crippen molar-refractivity contribution in [1.29, 1.82) is 0 Å². The fraction of sp³-hybridized carbons (Fsp3) is 0.500. The Bertz CT molecular complexity index is 1240. The second-order valence-electron chi connectivity index (χ2n) is 8.25. The lowest BCUT2D eigenvalue weighted by atomic mass is 10.1. The average Bonchev–Trinajstić information content (AvgIpc) is 3.31.